The number of imide groups is 1. The molecule has 0 atom stereocenters. The van der Waals surface area contributed by atoms with Crippen molar-refractivity contribution in [1.82, 2.24) is 15.1 Å². The molecule has 0 saturated heterocycles. The van der Waals surface area contributed by atoms with E-state index in [0.29, 0.717) is 34.2 Å². The normalized spacial score (nSPS) is 12.8. The fraction of sp³-hybridized carbons (Fsp3) is 0.174. The molecule has 1 aliphatic heterocycles. The number of nitrogens with one attached hydrogen (secondary N) is 1. The lowest BCUT2D eigenvalue weighted by Crippen LogP contribution is -2.29. The first-order valence-electron chi connectivity index (χ1n) is 10.1. The maximum absolute atomic E-state index is 12.5. The van der Waals surface area contributed by atoms with Crippen LogP contribution in [0, 0.1) is 0 Å². The van der Waals surface area contributed by atoms with Crippen molar-refractivity contribution in [2.24, 2.45) is 0 Å². The van der Waals surface area contributed by atoms with E-state index in [4.69, 9.17) is 9.47 Å². The number of benzene rings is 2. The van der Waals surface area contributed by atoms with Crippen LogP contribution in [0.15, 0.2) is 48.5 Å². The number of aromatic nitrogens is 2. The molecule has 2 heterocycles. The number of anilines is 1. The summed E-state index contributed by atoms with van der Waals surface area (Å²) >= 11 is 1.10. The summed E-state index contributed by atoms with van der Waals surface area (Å²) in [4.78, 5) is 38.4. The molecule has 10 heteroatoms. The van der Waals surface area contributed by atoms with Gasteiger partial charge in [0.1, 0.15) is 5.01 Å². The number of methoxy groups -OCH3 is 1. The van der Waals surface area contributed by atoms with Gasteiger partial charge < -0.3 is 9.47 Å². The molecule has 2 aromatic carbocycles. The Morgan fingerprint density at radius 2 is 1.82 bits per heavy atom. The average Bonchev–Trinajstić information content (AvgIpc) is 3.36. The molecular formula is C23H20N4O5S. The molecule has 1 aromatic heterocycles. The van der Waals surface area contributed by atoms with Gasteiger partial charge in [0.05, 0.1) is 31.4 Å². The first-order chi connectivity index (χ1) is 16.0. The Bertz CT molecular complexity index is 1220. The van der Waals surface area contributed by atoms with Crippen LogP contribution in [0.2, 0.25) is 0 Å². The van der Waals surface area contributed by atoms with Gasteiger partial charge in [0.15, 0.2) is 11.5 Å². The number of nitrogens with zero attached hydrogens (tertiary/aromatic N) is 3. The Kier molecular flexibility index (Phi) is 6.45. The molecule has 0 bridgehead atoms. The predicted octanol–water partition coefficient (Wildman–Crippen LogP) is 3.39. The van der Waals surface area contributed by atoms with Gasteiger partial charge in [-0.3, -0.25) is 24.6 Å². The van der Waals surface area contributed by atoms with Crippen LogP contribution >= 0.6 is 11.3 Å². The minimum Gasteiger partial charge on any atom is -0.493 e. The Hall–Kier alpha value is -4.05. The van der Waals surface area contributed by atoms with Crippen LogP contribution < -0.4 is 14.8 Å². The van der Waals surface area contributed by atoms with Crippen molar-refractivity contribution in [2.75, 3.05) is 19.0 Å². The molecule has 0 aliphatic carbocycles. The molecule has 0 saturated carbocycles. The van der Waals surface area contributed by atoms with Gasteiger partial charge in [-0.15, -0.1) is 10.2 Å². The summed E-state index contributed by atoms with van der Waals surface area (Å²) in [5.74, 6) is 0.0591. The number of amides is 3. The minimum absolute atomic E-state index is 0.0122. The van der Waals surface area contributed by atoms with E-state index in [1.165, 1.54) is 6.08 Å². The van der Waals surface area contributed by atoms with Crippen molar-refractivity contribution in [1.29, 1.82) is 0 Å². The van der Waals surface area contributed by atoms with Gasteiger partial charge >= 0.3 is 0 Å². The molecular weight excluding hydrogens is 444 g/mol. The molecule has 3 aromatic rings. The van der Waals surface area contributed by atoms with E-state index in [1.807, 2.05) is 13.0 Å². The van der Waals surface area contributed by atoms with Crippen LogP contribution in [0.4, 0.5) is 5.13 Å². The summed E-state index contributed by atoms with van der Waals surface area (Å²) in [5, 5.41) is 11.2. The predicted molar refractivity (Wildman–Crippen MR) is 122 cm³/mol. The van der Waals surface area contributed by atoms with E-state index in [-0.39, 0.29) is 23.5 Å². The van der Waals surface area contributed by atoms with Crippen LogP contribution in [-0.2, 0) is 11.3 Å². The standard InChI is InChI=1S/C23H20N4O5S/c1-3-32-17-10-8-14(12-18(17)31-2)9-11-19(28)24-23-26-25-20(33-23)13-27-21(29)15-6-4-5-7-16(15)22(27)30/h4-12H,3,13H2,1-2H3,(H,24,26,28)/b11-9+. The zero-order valence-corrected chi connectivity index (χ0v) is 18.7. The summed E-state index contributed by atoms with van der Waals surface area (Å²) in [6, 6.07) is 12.0. The number of rotatable bonds is 8. The van der Waals surface area contributed by atoms with Gasteiger partial charge in [-0.05, 0) is 42.8 Å². The summed E-state index contributed by atoms with van der Waals surface area (Å²) in [7, 11) is 1.55. The van der Waals surface area contributed by atoms with Gasteiger partial charge in [0.25, 0.3) is 11.8 Å². The molecule has 1 N–H and O–H groups in total. The van der Waals surface area contributed by atoms with Gasteiger partial charge in [-0.25, -0.2) is 0 Å². The van der Waals surface area contributed by atoms with E-state index in [1.54, 1.807) is 49.6 Å². The van der Waals surface area contributed by atoms with E-state index in [9.17, 15) is 14.4 Å². The molecule has 33 heavy (non-hydrogen) atoms. The molecule has 1 aliphatic rings. The maximum Gasteiger partial charge on any atom is 0.261 e. The zero-order chi connectivity index (χ0) is 23.4. The van der Waals surface area contributed by atoms with Crippen LogP contribution in [0.3, 0.4) is 0 Å². The lowest BCUT2D eigenvalue weighted by Gasteiger charge is -2.10. The Balaban J connectivity index is 1.38. The minimum atomic E-state index is -0.397. The lowest BCUT2D eigenvalue weighted by molar-refractivity contribution is -0.111. The van der Waals surface area contributed by atoms with Crippen LogP contribution in [0.1, 0.15) is 38.2 Å². The monoisotopic (exact) mass is 464 g/mol. The number of ether oxygens (including phenoxy) is 2. The average molecular weight is 465 g/mol. The molecule has 168 valence electrons. The van der Waals surface area contributed by atoms with E-state index < -0.39 is 5.91 Å². The van der Waals surface area contributed by atoms with E-state index in [0.717, 1.165) is 21.8 Å². The number of hydrogen-bond donors (Lipinski definition) is 1. The largest absolute Gasteiger partial charge is 0.493 e. The molecule has 3 amide bonds. The molecule has 0 radical (unpaired) electrons. The topological polar surface area (TPSA) is 111 Å². The Morgan fingerprint density at radius 1 is 1.09 bits per heavy atom. The van der Waals surface area contributed by atoms with Crippen LogP contribution in [-0.4, -0.2) is 46.5 Å². The maximum atomic E-state index is 12.5. The van der Waals surface area contributed by atoms with Gasteiger partial charge in [-0.2, -0.15) is 0 Å². The molecule has 0 spiro atoms. The van der Waals surface area contributed by atoms with E-state index in [2.05, 4.69) is 15.5 Å². The molecule has 0 fully saturated rings. The highest BCUT2D eigenvalue weighted by atomic mass is 32.1. The molecule has 4 rings (SSSR count). The second-order valence-corrected chi connectivity index (χ2v) is 7.97. The van der Waals surface area contributed by atoms with Crippen molar-refractivity contribution < 1.29 is 23.9 Å². The molecule has 0 unspecified atom stereocenters. The van der Waals surface area contributed by atoms with Crippen LogP contribution in [0.5, 0.6) is 11.5 Å². The fourth-order valence-electron chi connectivity index (χ4n) is 3.27. The first-order valence-corrected chi connectivity index (χ1v) is 10.9. The quantitative estimate of drug-likeness (QED) is 0.402. The smallest absolute Gasteiger partial charge is 0.261 e. The second kappa shape index (κ2) is 9.61. The number of carbonyl (C=O) groups excluding carboxylic acids is 3. The van der Waals surface area contributed by atoms with Gasteiger partial charge in [0.2, 0.25) is 11.0 Å². The highest BCUT2D eigenvalue weighted by Gasteiger charge is 2.35. The number of carbonyl (C=O) groups is 3. The van der Waals surface area contributed by atoms with Crippen molar-refractivity contribution >= 4 is 40.3 Å². The second-order valence-electron chi connectivity index (χ2n) is 6.91. The van der Waals surface area contributed by atoms with Crippen molar-refractivity contribution in [2.45, 2.75) is 13.5 Å². The third kappa shape index (κ3) is 4.75. The summed E-state index contributed by atoms with van der Waals surface area (Å²) in [5.41, 5.74) is 1.50. The Morgan fingerprint density at radius 3 is 2.48 bits per heavy atom. The third-order valence-electron chi connectivity index (χ3n) is 4.78. The van der Waals surface area contributed by atoms with E-state index >= 15 is 0 Å². The number of hydrogen-bond acceptors (Lipinski definition) is 8. The van der Waals surface area contributed by atoms with Crippen molar-refractivity contribution in [3.05, 3.63) is 70.2 Å². The SMILES string of the molecule is CCOc1ccc(/C=C/C(=O)Nc2nnc(CN3C(=O)c4ccccc4C3=O)s2)cc1OC. The third-order valence-corrected chi connectivity index (χ3v) is 5.61. The summed E-state index contributed by atoms with van der Waals surface area (Å²) in [6.07, 6.45) is 2.99. The summed E-state index contributed by atoms with van der Waals surface area (Å²) in [6.45, 7) is 2.39. The highest BCUT2D eigenvalue weighted by molar-refractivity contribution is 7.15. The fourth-order valence-corrected chi connectivity index (χ4v) is 4.00. The first kappa shape index (κ1) is 22.2. The lowest BCUT2D eigenvalue weighted by atomic mass is 10.1. The van der Waals surface area contributed by atoms with Crippen molar-refractivity contribution in [3.8, 4) is 11.5 Å². The van der Waals surface area contributed by atoms with Crippen LogP contribution in [0.25, 0.3) is 6.08 Å². The summed E-state index contributed by atoms with van der Waals surface area (Å²) < 4.78 is 10.8. The highest BCUT2D eigenvalue weighted by Crippen LogP contribution is 2.29. The Labute approximate surface area is 193 Å². The zero-order valence-electron chi connectivity index (χ0n) is 17.9. The van der Waals surface area contributed by atoms with Gasteiger partial charge in [0, 0.05) is 6.08 Å². The van der Waals surface area contributed by atoms with Crippen molar-refractivity contribution in [3.63, 3.8) is 0 Å². The molecule has 9 nitrogen and oxygen atoms in total. The number of fused-ring (bicyclic) bond motifs is 1. The van der Waals surface area contributed by atoms with Gasteiger partial charge in [-0.1, -0.05) is 29.5 Å².